The van der Waals surface area contributed by atoms with Gasteiger partial charge in [-0.3, -0.25) is 4.68 Å². The van der Waals surface area contributed by atoms with Crippen molar-refractivity contribution in [2.24, 2.45) is 7.05 Å². The molecule has 0 aliphatic carbocycles. The van der Waals surface area contributed by atoms with Crippen LogP contribution in [-0.2, 0) is 13.2 Å². The highest BCUT2D eigenvalue weighted by Gasteiger charge is 2.32. The number of halogens is 3. The molecule has 5 nitrogen and oxygen atoms in total. The first-order valence-electron chi connectivity index (χ1n) is 4.29. The van der Waals surface area contributed by atoms with Crippen LogP contribution in [0.5, 0.6) is 0 Å². The number of aromatic nitrogens is 4. The first kappa shape index (κ1) is 10.5. The molecule has 16 heavy (non-hydrogen) atoms. The average molecular weight is 231 g/mol. The van der Waals surface area contributed by atoms with Gasteiger partial charge in [-0.15, -0.1) is 0 Å². The van der Waals surface area contributed by atoms with Crippen LogP contribution in [0.25, 0.3) is 5.82 Å². The Kier molecular flexibility index (Phi) is 2.14. The number of nitrogens with two attached hydrogens (primary N) is 1. The van der Waals surface area contributed by atoms with E-state index in [4.69, 9.17) is 5.73 Å². The highest BCUT2D eigenvalue weighted by molar-refractivity contribution is 5.51. The van der Waals surface area contributed by atoms with Gasteiger partial charge in [-0.05, 0) is 0 Å². The van der Waals surface area contributed by atoms with E-state index >= 15 is 0 Å². The van der Waals surface area contributed by atoms with Crippen LogP contribution >= 0.6 is 0 Å². The van der Waals surface area contributed by atoms with E-state index in [0.29, 0.717) is 0 Å². The van der Waals surface area contributed by atoms with Crippen LogP contribution in [0, 0.1) is 0 Å². The Morgan fingerprint density at radius 1 is 1.31 bits per heavy atom. The van der Waals surface area contributed by atoms with Gasteiger partial charge in [-0.1, -0.05) is 0 Å². The van der Waals surface area contributed by atoms with Crippen molar-refractivity contribution in [1.82, 2.24) is 19.6 Å². The summed E-state index contributed by atoms with van der Waals surface area (Å²) < 4.78 is 39.3. The van der Waals surface area contributed by atoms with Crippen LogP contribution in [-0.4, -0.2) is 19.6 Å². The molecule has 0 atom stereocenters. The summed E-state index contributed by atoms with van der Waals surface area (Å²) in [6, 6.07) is 0. The molecule has 86 valence electrons. The Labute approximate surface area is 88.3 Å². The first-order valence-corrected chi connectivity index (χ1v) is 4.29. The summed E-state index contributed by atoms with van der Waals surface area (Å²) in [5.41, 5.74) is 4.99. The van der Waals surface area contributed by atoms with E-state index < -0.39 is 11.7 Å². The van der Waals surface area contributed by atoms with Crippen LogP contribution < -0.4 is 5.73 Å². The lowest BCUT2D eigenvalue weighted by molar-refractivity contribution is -0.137. The number of anilines is 1. The predicted molar refractivity (Wildman–Crippen MR) is 49.7 cm³/mol. The molecule has 0 fully saturated rings. The van der Waals surface area contributed by atoms with Crippen molar-refractivity contribution in [3.05, 3.63) is 24.2 Å². The van der Waals surface area contributed by atoms with Crippen molar-refractivity contribution in [2.75, 3.05) is 5.73 Å². The standard InChI is InChI=1S/C8H8F3N5/c1-15-4-6(12)7(14-15)16-3-5(2-13-16)8(9,10)11/h2-4H,12H2,1H3. The lowest BCUT2D eigenvalue weighted by Gasteiger charge is -2.00. The lowest BCUT2D eigenvalue weighted by atomic mass is 10.3. The largest absolute Gasteiger partial charge is 0.419 e. The molecule has 0 unspecified atom stereocenters. The Hall–Kier alpha value is -1.99. The Morgan fingerprint density at radius 3 is 2.44 bits per heavy atom. The Morgan fingerprint density at radius 2 is 2.00 bits per heavy atom. The second-order valence-corrected chi connectivity index (χ2v) is 3.25. The van der Waals surface area contributed by atoms with E-state index in [9.17, 15) is 13.2 Å². The molecule has 2 heterocycles. The van der Waals surface area contributed by atoms with Crippen molar-refractivity contribution in [3.63, 3.8) is 0 Å². The second-order valence-electron chi connectivity index (χ2n) is 3.25. The molecule has 0 aromatic carbocycles. The average Bonchev–Trinajstić information content (AvgIpc) is 2.70. The summed E-state index contributed by atoms with van der Waals surface area (Å²) in [5.74, 6) is 0.179. The van der Waals surface area contributed by atoms with Gasteiger partial charge in [0.2, 0.25) is 0 Å². The normalized spacial score (nSPS) is 12.0. The topological polar surface area (TPSA) is 61.7 Å². The Balaban J connectivity index is 2.43. The highest BCUT2D eigenvalue weighted by Crippen LogP contribution is 2.29. The van der Waals surface area contributed by atoms with Crippen molar-refractivity contribution in [1.29, 1.82) is 0 Å². The van der Waals surface area contributed by atoms with Gasteiger partial charge >= 0.3 is 6.18 Å². The zero-order valence-electron chi connectivity index (χ0n) is 8.23. The number of alkyl halides is 3. The molecule has 0 saturated heterocycles. The number of nitrogen functional groups attached to an aromatic ring is 1. The molecule has 0 radical (unpaired) electrons. The monoisotopic (exact) mass is 231 g/mol. The summed E-state index contributed by atoms with van der Waals surface area (Å²) in [5, 5.41) is 7.47. The molecule has 2 aromatic rings. The third-order valence-corrected chi connectivity index (χ3v) is 1.96. The third-order valence-electron chi connectivity index (χ3n) is 1.96. The van der Waals surface area contributed by atoms with Crippen molar-refractivity contribution >= 4 is 5.69 Å². The molecule has 0 aliphatic heterocycles. The van der Waals surface area contributed by atoms with E-state index in [1.54, 1.807) is 7.05 Å². The molecular formula is C8H8F3N5. The van der Waals surface area contributed by atoms with Gasteiger partial charge in [0.15, 0.2) is 5.82 Å². The van der Waals surface area contributed by atoms with Crippen LogP contribution in [0.1, 0.15) is 5.56 Å². The van der Waals surface area contributed by atoms with Crippen LogP contribution in [0.4, 0.5) is 18.9 Å². The van der Waals surface area contributed by atoms with Gasteiger partial charge in [0.05, 0.1) is 17.4 Å². The molecule has 0 aliphatic rings. The number of hydrogen-bond acceptors (Lipinski definition) is 3. The quantitative estimate of drug-likeness (QED) is 0.802. The molecule has 0 amide bonds. The van der Waals surface area contributed by atoms with E-state index in [2.05, 4.69) is 10.2 Å². The zero-order valence-corrected chi connectivity index (χ0v) is 8.23. The molecule has 2 N–H and O–H groups in total. The summed E-state index contributed by atoms with van der Waals surface area (Å²) in [6.07, 6.45) is -1.35. The SMILES string of the molecule is Cn1cc(N)c(-n2cc(C(F)(F)F)cn2)n1. The lowest BCUT2D eigenvalue weighted by Crippen LogP contribution is -2.03. The maximum atomic E-state index is 12.3. The van der Waals surface area contributed by atoms with Gasteiger partial charge < -0.3 is 5.73 Å². The fourth-order valence-electron chi connectivity index (χ4n) is 1.26. The summed E-state index contributed by atoms with van der Waals surface area (Å²) >= 11 is 0. The van der Waals surface area contributed by atoms with Crippen molar-refractivity contribution in [2.45, 2.75) is 6.18 Å². The molecule has 0 saturated carbocycles. The van der Waals surface area contributed by atoms with Crippen LogP contribution in [0.2, 0.25) is 0 Å². The van der Waals surface area contributed by atoms with Gasteiger partial charge in [0, 0.05) is 19.4 Å². The molecule has 0 spiro atoms. The van der Waals surface area contributed by atoms with E-state index in [0.717, 1.165) is 17.1 Å². The molecular weight excluding hydrogens is 223 g/mol. The summed E-state index contributed by atoms with van der Waals surface area (Å²) in [7, 11) is 1.62. The van der Waals surface area contributed by atoms with Gasteiger partial charge in [-0.25, -0.2) is 4.68 Å². The summed E-state index contributed by atoms with van der Waals surface area (Å²) in [4.78, 5) is 0. The fraction of sp³-hybridized carbons (Fsp3) is 0.250. The Bertz CT molecular complexity index is 510. The minimum atomic E-state index is -4.41. The molecule has 2 rings (SSSR count). The van der Waals surface area contributed by atoms with Crippen LogP contribution in [0.15, 0.2) is 18.6 Å². The number of aryl methyl sites for hydroxylation is 1. The van der Waals surface area contributed by atoms with Crippen molar-refractivity contribution in [3.8, 4) is 5.82 Å². The third kappa shape index (κ3) is 1.73. The van der Waals surface area contributed by atoms with Gasteiger partial charge in [-0.2, -0.15) is 23.4 Å². The maximum Gasteiger partial charge on any atom is 0.419 e. The van der Waals surface area contributed by atoms with Gasteiger partial charge in [0.25, 0.3) is 0 Å². The minimum absolute atomic E-state index is 0.179. The molecule has 0 bridgehead atoms. The number of hydrogen-bond donors (Lipinski definition) is 1. The predicted octanol–water partition coefficient (Wildman–Crippen LogP) is 1.21. The zero-order chi connectivity index (χ0) is 11.9. The van der Waals surface area contributed by atoms with Gasteiger partial charge in [0.1, 0.15) is 0 Å². The van der Waals surface area contributed by atoms with Crippen LogP contribution in [0.3, 0.4) is 0 Å². The number of nitrogens with zero attached hydrogens (tertiary/aromatic N) is 4. The fourth-order valence-corrected chi connectivity index (χ4v) is 1.26. The number of rotatable bonds is 1. The molecule has 8 heteroatoms. The van der Waals surface area contributed by atoms with E-state index in [1.807, 2.05) is 0 Å². The van der Waals surface area contributed by atoms with E-state index in [-0.39, 0.29) is 11.5 Å². The smallest absolute Gasteiger partial charge is 0.394 e. The highest BCUT2D eigenvalue weighted by atomic mass is 19.4. The maximum absolute atomic E-state index is 12.3. The second kappa shape index (κ2) is 3.26. The van der Waals surface area contributed by atoms with E-state index in [1.165, 1.54) is 10.9 Å². The first-order chi connectivity index (χ1) is 7.38. The summed E-state index contributed by atoms with van der Waals surface area (Å²) in [6.45, 7) is 0. The minimum Gasteiger partial charge on any atom is -0.394 e. The van der Waals surface area contributed by atoms with Crippen molar-refractivity contribution < 1.29 is 13.2 Å². The molecule has 2 aromatic heterocycles.